The minimum atomic E-state index is -4.56. The zero-order chi connectivity index (χ0) is 7.99. The maximum Gasteiger partial charge on any atom is 0.374 e. The maximum atomic E-state index is 12.0. The van der Waals surface area contributed by atoms with Crippen LogP contribution < -0.4 is 0 Å². The lowest BCUT2D eigenvalue weighted by atomic mass is 10.0. The Morgan fingerprint density at radius 2 is 2.00 bits per heavy atom. The number of hydrogen-bond donors (Lipinski definition) is 1. The largest absolute Gasteiger partial charge is 0.387 e. The molecule has 0 amide bonds. The maximum absolute atomic E-state index is 12.0. The summed E-state index contributed by atoms with van der Waals surface area (Å²) >= 11 is 0. The second kappa shape index (κ2) is 1.90. The zero-order valence-corrected chi connectivity index (χ0v) is 6.23. The van der Waals surface area contributed by atoms with Crippen molar-refractivity contribution in [2.75, 3.05) is 13.1 Å². The van der Waals surface area contributed by atoms with Crippen LogP contribution in [0.25, 0.3) is 0 Å². The molecule has 0 saturated carbocycles. The normalized spacial score (nSPS) is 25.9. The van der Waals surface area contributed by atoms with Crippen LogP contribution >= 0.6 is 0 Å². The van der Waals surface area contributed by atoms with Crippen LogP contribution in [0, 0.1) is 0 Å². The molecule has 0 aromatic carbocycles. The van der Waals surface area contributed by atoms with Gasteiger partial charge in [-0.05, 0) is 6.92 Å². The van der Waals surface area contributed by atoms with E-state index in [1.54, 1.807) is 0 Å². The molecule has 1 aliphatic rings. The fourth-order valence-corrected chi connectivity index (χ4v) is 1.73. The molecule has 0 aliphatic carbocycles. The van der Waals surface area contributed by atoms with E-state index in [1.807, 2.05) is 0 Å². The van der Waals surface area contributed by atoms with Gasteiger partial charge in [-0.25, -0.2) is 0 Å². The predicted molar refractivity (Wildman–Crippen MR) is 32.2 cm³/mol. The minimum Gasteiger partial charge on any atom is -0.387 e. The van der Waals surface area contributed by atoms with Crippen molar-refractivity contribution in [3.63, 3.8) is 0 Å². The third kappa shape index (κ3) is 1.44. The van der Waals surface area contributed by atoms with Crippen LogP contribution in [0.5, 0.6) is 0 Å². The lowest BCUT2D eigenvalue weighted by Crippen LogP contribution is -2.60. The fourth-order valence-electron chi connectivity index (χ4n) is 0.868. The topological polar surface area (TPSA) is 57.6 Å². The third-order valence-electron chi connectivity index (χ3n) is 1.34. The van der Waals surface area contributed by atoms with Crippen LogP contribution in [0.2, 0.25) is 0 Å². The number of β-amino-alcohol motifs (C(OH)–C–C–N with tert-alkyl or cyclic N) is 1. The van der Waals surface area contributed by atoms with E-state index in [0.717, 1.165) is 0 Å². The molecule has 1 rings (SSSR count). The SMILES string of the molecule is CC1(O)CN(S(=O)(=O)F)C1. The summed E-state index contributed by atoms with van der Waals surface area (Å²) in [5.41, 5.74) is -1.04. The fraction of sp³-hybridized carbons (Fsp3) is 1.00. The molecule has 0 radical (unpaired) electrons. The Hall–Kier alpha value is -0.200. The average molecular weight is 169 g/mol. The lowest BCUT2D eigenvalue weighted by molar-refractivity contribution is -0.0446. The minimum absolute atomic E-state index is 0.147. The summed E-state index contributed by atoms with van der Waals surface area (Å²) in [7, 11) is -4.56. The summed E-state index contributed by atoms with van der Waals surface area (Å²) in [5, 5.41) is 8.97. The molecule has 0 bridgehead atoms. The van der Waals surface area contributed by atoms with E-state index in [-0.39, 0.29) is 13.1 Å². The summed E-state index contributed by atoms with van der Waals surface area (Å²) in [6, 6.07) is 0. The Labute approximate surface area is 58.6 Å². The van der Waals surface area contributed by atoms with Gasteiger partial charge in [-0.15, -0.1) is 0 Å². The summed E-state index contributed by atoms with van der Waals surface area (Å²) in [4.78, 5) is 0. The Morgan fingerprint density at radius 1 is 1.60 bits per heavy atom. The van der Waals surface area contributed by atoms with Crippen LogP contribution in [-0.2, 0) is 10.4 Å². The van der Waals surface area contributed by atoms with Gasteiger partial charge in [0.1, 0.15) is 0 Å². The van der Waals surface area contributed by atoms with Crippen LogP contribution in [0.4, 0.5) is 3.89 Å². The van der Waals surface area contributed by atoms with Gasteiger partial charge in [0.25, 0.3) is 0 Å². The number of rotatable bonds is 1. The van der Waals surface area contributed by atoms with E-state index in [1.165, 1.54) is 6.92 Å². The van der Waals surface area contributed by atoms with Crippen LogP contribution in [0.1, 0.15) is 6.92 Å². The van der Waals surface area contributed by atoms with Gasteiger partial charge in [-0.1, -0.05) is 3.89 Å². The van der Waals surface area contributed by atoms with E-state index >= 15 is 0 Å². The lowest BCUT2D eigenvalue weighted by Gasteiger charge is -2.40. The molecule has 0 unspecified atom stereocenters. The Morgan fingerprint density at radius 3 is 2.10 bits per heavy atom. The highest BCUT2D eigenvalue weighted by Gasteiger charge is 2.43. The predicted octanol–water partition coefficient (Wildman–Crippen LogP) is -0.733. The molecule has 0 atom stereocenters. The van der Waals surface area contributed by atoms with Crippen LogP contribution in [0.15, 0.2) is 0 Å². The molecule has 1 fully saturated rings. The standard InChI is InChI=1S/C4H8FNO3S/c1-4(7)2-6(3-4)10(5,8)9/h7H,2-3H2,1H3. The van der Waals surface area contributed by atoms with E-state index in [2.05, 4.69) is 0 Å². The molecule has 6 heteroatoms. The number of nitrogens with zero attached hydrogens (tertiary/aromatic N) is 1. The van der Waals surface area contributed by atoms with Gasteiger partial charge in [0.2, 0.25) is 0 Å². The first-order valence-electron chi connectivity index (χ1n) is 2.73. The van der Waals surface area contributed by atoms with Crippen molar-refractivity contribution >= 4 is 10.4 Å². The highest BCUT2D eigenvalue weighted by Crippen LogP contribution is 2.23. The van der Waals surface area contributed by atoms with Gasteiger partial charge >= 0.3 is 10.4 Å². The number of halogens is 1. The number of hydrogen-bond acceptors (Lipinski definition) is 3. The first kappa shape index (κ1) is 7.90. The Kier molecular flexibility index (Phi) is 1.50. The van der Waals surface area contributed by atoms with Crippen LogP contribution in [0.3, 0.4) is 0 Å². The molecule has 1 N–H and O–H groups in total. The van der Waals surface area contributed by atoms with Gasteiger partial charge in [-0.3, -0.25) is 0 Å². The quantitative estimate of drug-likeness (QED) is 0.526. The second-order valence-electron chi connectivity index (χ2n) is 2.71. The summed E-state index contributed by atoms with van der Waals surface area (Å²) in [6.07, 6.45) is 0. The molecule has 0 aromatic rings. The van der Waals surface area contributed by atoms with E-state index in [9.17, 15) is 12.3 Å². The van der Waals surface area contributed by atoms with Crippen LogP contribution in [-0.4, -0.2) is 36.5 Å². The summed E-state index contributed by atoms with van der Waals surface area (Å²) in [5.74, 6) is 0. The van der Waals surface area contributed by atoms with Crippen molar-refractivity contribution in [3.8, 4) is 0 Å². The molecule has 0 aromatic heterocycles. The van der Waals surface area contributed by atoms with E-state index in [0.29, 0.717) is 4.31 Å². The van der Waals surface area contributed by atoms with Gasteiger partial charge in [-0.2, -0.15) is 12.7 Å². The Bertz CT molecular complexity index is 227. The van der Waals surface area contributed by atoms with Crippen molar-refractivity contribution in [1.82, 2.24) is 4.31 Å². The molecular formula is C4H8FNO3S. The average Bonchev–Trinajstić information content (AvgIpc) is 1.56. The molecule has 4 nitrogen and oxygen atoms in total. The summed E-state index contributed by atoms with van der Waals surface area (Å²) in [6.45, 7) is 1.16. The Balaban J connectivity index is 2.57. The van der Waals surface area contributed by atoms with Gasteiger partial charge in [0, 0.05) is 13.1 Å². The van der Waals surface area contributed by atoms with Gasteiger partial charge in [0.05, 0.1) is 5.60 Å². The molecule has 1 aliphatic heterocycles. The monoisotopic (exact) mass is 169 g/mol. The summed E-state index contributed by atoms with van der Waals surface area (Å²) < 4.78 is 32.6. The van der Waals surface area contributed by atoms with Crippen molar-refractivity contribution in [1.29, 1.82) is 0 Å². The van der Waals surface area contributed by atoms with Crippen molar-refractivity contribution in [3.05, 3.63) is 0 Å². The first-order chi connectivity index (χ1) is 4.31. The van der Waals surface area contributed by atoms with Crippen molar-refractivity contribution in [2.45, 2.75) is 12.5 Å². The number of aliphatic hydroxyl groups is 1. The van der Waals surface area contributed by atoms with E-state index in [4.69, 9.17) is 5.11 Å². The molecule has 10 heavy (non-hydrogen) atoms. The third-order valence-corrected chi connectivity index (χ3v) is 2.22. The molecule has 1 saturated heterocycles. The smallest absolute Gasteiger partial charge is 0.374 e. The second-order valence-corrected chi connectivity index (χ2v) is 4.05. The molecule has 1 heterocycles. The van der Waals surface area contributed by atoms with Crippen molar-refractivity contribution < 1.29 is 17.4 Å². The highest BCUT2D eigenvalue weighted by molar-refractivity contribution is 7.84. The molecular weight excluding hydrogens is 161 g/mol. The first-order valence-corrected chi connectivity index (χ1v) is 4.07. The van der Waals surface area contributed by atoms with Gasteiger partial charge < -0.3 is 5.11 Å². The van der Waals surface area contributed by atoms with E-state index < -0.39 is 16.0 Å². The van der Waals surface area contributed by atoms with Crippen molar-refractivity contribution in [2.24, 2.45) is 0 Å². The molecule has 60 valence electrons. The highest BCUT2D eigenvalue weighted by atomic mass is 32.3. The zero-order valence-electron chi connectivity index (χ0n) is 5.41. The molecule has 0 spiro atoms. The van der Waals surface area contributed by atoms with Gasteiger partial charge in [0.15, 0.2) is 0 Å².